The molecule has 2 rings (SSSR count). The van der Waals surface area contributed by atoms with Crippen molar-refractivity contribution < 1.29 is 34.0 Å². The van der Waals surface area contributed by atoms with Gasteiger partial charge in [0.2, 0.25) is 0 Å². The molecule has 2 heterocycles. The van der Waals surface area contributed by atoms with Gasteiger partial charge in [-0.1, -0.05) is 0 Å². The van der Waals surface area contributed by atoms with Gasteiger partial charge in [0, 0.05) is 12.6 Å². The molecule has 1 aromatic rings. The Morgan fingerprint density at radius 1 is 1.58 bits per heavy atom. The third-order valence-electron chi connectivity index (χ3n) is 3.76. The zero-order valence-electron chi connectivity index (χ0n) is 13.6. The van der Waals surface area contributed by atoms with Gasteiger partial charge in [0.1, 0.15) is 18.0 Å². The normalized spacial score (nSPS) is 29.3. The number of nitrogens with zero attached hydrogens (tertiary/aromatic N) is 2. The van der Waals surface area contributed by atoms with Crippen molar-refractivity contribution in [2.75, 3.05) is 5.73 Å². The summed E-state index contributed by atoms with van der Waals surface area (Å²) in [6, 6.07) is 0. The van der Waals surface area contributed by atoms with E-state index in [9.17, 15) is 24.5 Å². The molecule has 146 valence electrons. The molecule has 6 N–H and O–H groups in total. The number of rotatable bonds is 6. The fourth-order valence-electron chi connectivity index (χ4n) is 2.47. The lowest BCUT2D eigenvalue weighted by Crippen LogP contribution is -2.36. The Hall–Kier alpha value is -1.02. The molecule has 0 bridgehead atoms. The number of hydrogen-bond donors (Lipinski definition) is 5. The second kappa shape index (κ2) is 7.92. The highest BCUT2D eigenvalue weighted by molar-refractivity contribution is 14.1. The fraction of sp³-hybridized carbons (Fsp3) is 0.538. The highest BCUT2D eigenvalue weighted by Crippen LogP contribution is 2.50. The lowest BCUT2D eigenvalue weighted by Gasteiger charge is -2.21. The summed E-state index contributed by atoms with van der Waals surface area (Å²) in [4.78, 5) is 25.0. The van der Waals surface area contributed by atoms with Crippen molar-refractivity contribution in [2.24, 2.45) is 0 Å². The van der Waals surface area contributed by atoms with Gasteiger partial charge in [-0.05, 0) is 36.1 Å². The van der Waals surface area contributed by atoms with Crippen LogP contribution in [0.1, 0.15) is 19.6 Å². The standard InChI is InChI=1S/C13H19IN3O8P/c1-5(25-26(22,23)6(2)18)3-8-9(19)10(20)12(24-8)17-4-7(14)11(15)16-13(17)21/h4-5,8-10,12,18-20H,2-3H2,1H3,(H,22,23)(H2,15,16,21)/t5?,8-,9-,10-,12-/m1/s1. The quantitative estimate of drug-likeness (QED) is 0.203. The number of aliphatic hydroxyl groups is 3. The summed E-state index contributed by atoms with van der Waals surface area (Å²) in [6.45, 7) is 4.37. The van der Waals surface area contributed by atoms with Crippen LogP contribution in [0.2, 0.25) is 0 Å². The lowest BCUT2D eigenvalue weighted by atomic mass is 10.1. The van der Waals surface area contributed by atoms with E-state index in [0.717, 1.165) is 4.57 Å². The van der Waals surface area contributed by atoms with Crippen LogP contribution in [-0.4, -0.2) is 54.2 Å². The Kier molecular flexibility index (Phi) is 6.48. The molecule has 26 heavy (non-hydrogen) atoms. The zero-order valence-corrected chi connectivity index (χ0v) is 16.6. The number of nitrogen functional groups attached to an aromatic ring is 1. The van der Waals surface area contributed by atoms with Crippen LogP contribution >= 0.6 is 30.2 Å². The molecular weight excluding hydrogens is 484 g/mol. The third kappa shape index (κ3) is 4.44. The molecule has 0 saturated carbocycles. The Balaban J connectivity index is 2.15. The molecule has 0 spiro atoms. The SMILES string of the molecule is C=C(O)P(=O)(O)OC(C)C[C@H]1O[C@@H](n2cc(I)c(N)nc2=O)[C@H](O)[C@@H]1O. The van der Waals surface area contributed by atoms with Gasteiger partial charge >= 0.3 is 13.3 Å². The van der Waals surface area contributed by atoms with E-state index in [1.807, 2.05) is 22.6 Å². The summed E-state index contributed by atoms with van der Waals surface area (Å²) in [7, 11) is -4.42. The monoisotopic (exact) mass is 503 g/mol. The smallest absolute Gasteiger partial charge is 0.392 e. The molecule has 0 radical (unpaired) electrons. The molecule has 0 aromatic carbocycles. The van der Waals surface area contributed by atoms with Gasteiger partial charge in [0.25, 0.3) is 0 Å². The van der Waals surface area contributed by atoms with Gasteiger partial charge in [-0.2, -0.15) is 4.98 Å². The number of anilines is 1. The minimum atomic E-state index is -4.42. The number of aromatic nitrogens is 2. The minimum absolute atomic E-state index is 0.0291. The van der Waals surface area contributed by atoms with Gasteiger partial charge in [-0.25, -0.2) is 4.79 Å². The van der Waals surface area contributed by atoms with Crippen molar-refractivity contribution in [1.29, 1.82) is 0 Å². The molecule has 6 atom stereocenters. The summed E-state index contributed by atoms with van der Waals surface area (Å²) in [6.07, 6.45) is -4.73. The Bertz CT molecular complexity index is 802. The Morgan fingerprint density at radius 2 is 2.19 bits per heavy atom. The number of hydrogen-bond acceptors (Lipinski definition) is 9. The van der Waals surface area contributed by atoms with Crippen molar-refractivity contribution in [3.63, 3.8) is 0 Å². The van der Waals surface area contributed by atoms with Crippen molar-refractivity contribution in [3.8, 4) is 0 Å². The van der Waals surface area contributed by atoms with Crippen molar-refractivity contribution in [3.05, 3.63) is 32.3 Å². The predicted octanol–water partition coefficient (Wildman–Crippen LogP) is 0.0591. The van der Waals surface area contributed by atoms with Gasteiger partial charge in [-0.15, -0.1) is 0 Å². The first-order valence-corrected chi connectivity index (χ1v) is 10.0. The van der Waals surface area contributed by atoms with E-state index >= 15 is 0 Å². The van der Waals surface area contributed by atoms with E-state index in [2.05, 4.69) is 11.6 Å². The van der Waals surface area contributed by atoms with E-state index in [4.69, 9.17) is 20.1 Å². The van der Waals surface area contributed by atoms with Crippen LogP contribution in [0.3, 0.4) is 0 Å². The molecule has 1 aliphatic rings. The van der Waals surface area contributed by atoms with E-state index in [1.54, 1.807) is 0 Å². The third-order valence-corrected chi connectivity index (χ3v) is 5.89. The number of aliphatic hydroxyl groups excluding tert-OH is 3. The maximum absolute atomic E-state index is 12.0. The number of ether oxygens (including phenoxy) is 1. The fourth-order valence-corrected chi connectivity index (χ4v) is 3.58. The van der Waals surface area contributed by atoms with Crippen molar-refractivity contribution >= 4 is 36.0 Å². The van der Waals surface area contributed by atoms with Crippen molar-refractivity contribution in [1.82, 2.24) is 9.55 Å². The maximum Gasteiger partial charge on any atom is 0.392 e. The summed E-state index contributed by atoms with van der Waals surface area (Å²) in [5, 5.41) is 29.4. The summed E-state index contributed by atoms with van der Waals surface area (Å²) in [5.41, 5.74) is 3.77. The highest BCUT2D eigenvalue weighted by atomic mass is 127. The first-order valence-electron chi connectivity index (χ1n) is 7.39. The maximum atomic E-state index is 12.0. The molecule has 1 aromatic heterocycles. The summed E-state index contributed by atoms with van der Waals surface area (Å²) < 4.78 is 23.4. The summed E-state index contributed by atoms with van der Waals surface area (Å²) >= 11 is 1.85. The molecule has 13 heteroatoms. The lowest BCUT2D eigenvalue weighted by molar-refractivity contribution is -0.0499. The topological polar surface area (TPSA) is 177 Å². The van der Waals surface area contributed by atoms with Crippen LogP contribution in [0, 0.1) is 3.57 Å². The van der Waals surface area contributed by atoms with Crippen LogP contribution in [0.15, 0.2) is 23.1 Å². The average Bonchev–Trinajstić information content (AvgIpc) is 2.78. The molecule has 11 nitrogen and oxygen atoms in total. The second-order valence-corrected chi connectivity index (χ2v) is 8.73. The second-order valence-electron chi connectivity index (χ2n) is 5.80. The van der Waals surface area contributed by atoms with Gasteiger partial charge < -0.3 is 35.2 Å². The van der Waals surface area contributed by atoms with Crippen molar-refractivity contribution in [2.45, 2.75) is 44.0 Å². The van der Waals surface area contributed by atoms with Crippen LogP contribution in [-0.2, 0) is 13.8 Å². The first kappa shape index (κ1) is 21.3. The Labute approximate surface area is 161 Å². The molecule has 1 saturated heterocycles. The molecule has 0 amide bonds. The predicted molar refractivity (Wildman–Crippen MR) is 98.3 cm³/mol. The van der Waals surface area contributed by atoms with E-state index in [0.29, 0.717) is 3.57 Å². The van der Waals surface area contributed by atoms with E-state index in [1.165, 1.54) is 13.1 Å². The van der Waals surface area contributed by atoms with E-state index in [-0.39, 0.29) is 12.2 Å². The minimum Gasteiger partial charge on any atom is -0.502 e. The molecule has 1 aliphatic heterocycles. The highest BCUT2D eigenvalue weighted by Gasteiger charge is 2.45. The molecule has 0 aliphatic carbocycles. The largest absolute Gasteiger partial charge is 0.502 e. The van der Waals surface area contributed by atoms with Gasteiger partial charge in [-0.3, -0.25) is 9.13 Å². The van der Waals surface area contributed by atoms with Crippen LogP contribution < -0.4 is 11.4 Å². The van der Waals surface area contributed by atoms with Crippen LogP contribution in [0.25, 0.3) is 0 Å². The van der Waals surface area contributed by atoms with Crippen LogP contribution in [0.4, 0.5) is 5.82 Å². The molecular formula is C13H19IN3O8P. The molecule has 1 fully saturated rings. The molecule has 2 unspecified atom stereocenters. The van der Waals surface area contributed by atoms with Crippen LogP contribution in [0.5, 0.6) is 0 Å². The summed E-state index contributed by atoms with van der Waals surface area (Å²) in [5.74, 6) is 0.0291. The van der Waals surface area contributed by atoms with Gasteiger partial charge in [0.15, 0.2) is 11.7 Å². The average molecular weight is 503 g/mol. The number of nitrogens with two attached hydrogens (primary N) is 1. The Morgan fingerprint density at radius 3 is 2.77 bits per heavy atom. The van der Waals surface area contributed by atoms with Gasteiger partial charge in [0.05, 0.1) is 15.8 Å². The van der Waals surface area contributed by atoms with E-state index < -0.39 is 49.4 Å². The first-order chi connectivity index (χ1) is 11.9. The number of halogens is 1. The zero-order chi connectivity index (χ0) is 19.8.